The van der Waals surface area contributed by atoms with Crippen molar-refractivity contribution in [2.75, 3.05) is 0 Å². The van der Waals surface area contributed by atoms with E-state index in [0.29, 0.717) is 12.4 Å². The molecule has 1 heterocycles. The van der Waals surface area contributed by atoms with Crippen molar-refractivity contribution < 1.29 is 18.0 Å². The van der Waals surface area contributed by atoms with Crippen molar-refractivity contribution in [3.63, 3.8) is 0 Å². The van der Waals surface area contributed by atoms with Gasteiger partial charge >= 0.3 is 6.18 Å². The van der Waals surface area contributed by atoms with Gasteiger partial charge < -0.3 is 9.47 Å². The highest BCUT2D eigenvalue weighted by Crippen LogP contribution is 2.33. The van der Waals surface area contributed by atoms with Crippen LogP contribution in [0.5, 0.6) is 0 Å². The van der Waals surface area contributed by atoms with Crippen LogP contribution in [-0.2, 0) is 24.1 Å². The van der Waals surface area contributed by atoms with Gasteiger partial charge in [0.2, 0.25) is 5.91 Å². The summed E-state index contributed by atoms with van der Waals surface area (Å²) in [5.41, 5.74) is -0.415. The molecule has 1 aromatic carbocycles. The molecule has 4 nitrogen and oxygen atoms in total. The Hall–Kier alpha value is -2.31. The molecule has 2 aliphatic rings. The van der Waals surface area contributed by atoms with Crippen molar-refractivity contribution in [1.29, 1.82) is 0 Å². The number of halogens is 3. The van der Waals surface area contributed by atoms with Gasteiger partial charge in [-0.15, -0.1) is 0 Å². The topological polar surface area (TPSA) is 38.1 Å². The Labute approximate surface area is 181 Å². The van der Waals surface area contributed by atoms with Gasteiger partial charge in [0.05, 0.1) is 12.1 Å². The van der Waals surface area contributed by atoms with E-state index in [1.165, 1.54) is 18.6 Å². The molecule has 0 spiro atoms. The van der Waals surface area contributed by atoms with E-state index in [1.807, 2.05) is 4.90 Å². The molecule has 0 saturated heterocycles. The second-order valence-corrected chi connectivity index (χ2v) is 8.87. The van der Waals surface area contributed by atoms with E-state index in [2.05, 4.69) is 4.98 Å². The van der Waals surface area contributed by atoms with Gasteiger partial charge in [-0.3, -0.25) is 4.79 Å². The molecule has 0 radical (unpaired) electrons. The van der Waals surface area contributed by atoms with Crippen molar-refractivity contribution in [3.05, 3.63) is 53.6 Å². The number of hydrogen-bond acceptors (Lipinski definition) is 2. The smallest absolute Gasteiger partial charge is 0.332 e. The average Bonchev–Trinajstić information content (AvgIpc) is 3.44. The van der Waals surface area contributed by atoms with Crippen LogP contribution in [0.4, 0.5) is 13.2 Å². The lowest BCUT2D eigenvalue weighted by Gasteiger charge is -2.36. The largest absolute Gasteiger partial charge is 0.416 e. The van der Waals surface area contributed by atoms with E-state index < -0.39 is 11.7 Å². The van der Waals surface area contributed by atoms with E-state index >= 15 is 0 Å². The number of hydrogen-bond donors (Lipinski definition) is 0. The molecule has 1 amide bonds. The third-order valence-corrected chi connectivity index (χ3v) is 6.78. The second kappa shape index (κ2) is 9.45. The van der Waals surface area contributed by atoms with Gasteiger partial charge in [-0.1, -0.05) is 50.3 Å². The van der Waals surface area contributed by atoms with Gasteiger partial charge in [-0.2, -0.15) is 13.2 Å². The van der Waals surface area contributed by atoms with Crippen LogP contribution in [0, 0.1) is 5.92 Å². The number of imidazole rings is 1. The molecule has 2 saturated carbocycles. The number of alkyl halides is 3. The fourth-order valence-electron chi connectivity index (χ4n) is 5.09. The maximum absolute atomic E-state index is 13.4. The Morgan fingerprint density at radius 3 is 2.42 bits per heavy atom. The third kappa shape index (κ3) is 5.13. The van der Waals surface area contributed by atoms with Gasteiger partial charge in [0.15, 0.2) is 0 Å². The van der Waals surface area contributed by atoms with Crippen LogP contribution in [0.3, 0.4) is 0 Å². The van der Waals surface area contributed by atoms with Crippen LogP contribution < -0.4 is 0 Å². The van der Waals surface area contributed by atoms with E-state index in [1.54, 1.807) is 23.0 Å². The standard InChI is InChI=1S/C24H30F3N3O/c25-24(26,27)21-13-7-6-10-19(21)16-29-15-14-28-22(29)17-30(20-11-2-1-3-12-20)23(31)18-8-4-5-9-18/h6-7,10,13-15,18,20H,1-5,8-9,11-12,16-17H2. The normalized spacial score (nSPS) is 18.4. The number of aromatic nitrogens is 2. The first kappa shape index (κ1) is 21.9. The van der Waals surface area contributed by atoms with Crippen LogP contribution in [0.1, 0.15) is 74.7 Å². The first-order valence-corrected chi connectivity index (χ1v) is 11.4. The van der Waals surface area contributed by atoms with E-state index in [-0.39, 0.29) is 30.0 Å². The van der Waals surface area contributed by atoms with E-state index in [9.17, 15) is 18.0 Å². The zero-order valence-electron chi connectivity index (χ0n) is 17.8. The molecule has 0 N–H and O–H groups in total. The average molecular weight is 434 g/mol. The molecule has 168 valence electrons. The first-order valence-electron chi connectivity index (χ1n) is 11.4. The number of benzene rings is 1. The molecule has 2 aliphatic carbocycles. The number of amides is 1. The molecule has 1 aromatic heterocycles. The lowest BCUT2D eigenvalue weighted by molar-refractivity contribution is -0.139. The second-order valence-electron chi connectivity index (χ2n) is 8.87. The SMILES string of the molecule is O=C(C1CCCC1)N(Cc1nccn1Cc1ccccc1C(F)(F)F)C1CCCCC1. The van der Waals surface area contributed by atoms with Crippen LogP contribution in [0.2, 0.25) is 0 Å². The molecule has 0 bridgehead atoms. The highest BCUT2D eigenvalue weighted by Gasteiger charge is 2.34. The summed E-state index contributed by atoms with van der Waals surface area (Å²) >= 11 is 0. The first-order chi connectivity index (χ1) is 14.9. The van der Waals surface area contributed by atoms with Crippen molar-refractivity contribution in [2.24, 2.45) is 5.92 Å². The summed E-state index contributed by atoms with van der Waals surface area (Å²) in [6.07, 6.45) is 8.42. The molecule has 2 fully saturated rings. The van der Waals surface area contributed by atoms with Crippen LogP contribution >= 0.6 is 0 Å². The van der Waals surface area contributed by atoms with Gasteiger partial charge in [0, 0.05) is 30.9 Å². The van der Waals surface area contributed by atoms with Gasteiger partial charge in [-0.25, -0.2) is 4.98 Å². The zero-order chi connectivity index (χ0) is 21.8. The number of nitrogens with zero attached hydrogens (tertiary/aromatic N) is 3. The highest BCUT2D eigenvalue weighted by atomic mass is 19.4. The number of rotatable bonds is 6. The Kier molecular flexibility index (Phi) is 6.68. The van der Waals surface area contributed by atoms with Crippen LogP contribution in [0.15, 0.2) is 36.7 Å². The van der Waals surface area contributed by atoms with Gasteiger partial charge in [0.25, 0.3) is 0 Å². The minimum atomic E-state index is -4.40. The molecule has 31 heavy (non-hydrogen) atoms. The van der Waals surface area contributed by atoms with E-state index in [4.69, 9.17) is 0 Å². The summed E-state index contributed by atoms with van der Waals surface area (Å²) in [6.45, 7) is 0.447. The Morgan fingerprint density at radius 2 is 1.71 bits per heavy atom. The molecule has 0 unspecified atom stereocenters. The van der Waals surface area contributed by atoms with Crippen LogP contribution in [-0.4, -0.2) is 26.4 Å². The zero-order valence-corrected chi connectivity index (χ0v) is 17.8. The van der Waals surface area contributed by atoms with Crippen molar-refractivity contribution >= 4 is 5.91 Å². The van der Waals surface area contributed by atoms with Crippen molar-refractivity contribution in [3.8, 4) is 0 Å². The fourth-order valence-corrected chi connectivity index (χ4v) is 5.09. The summed E-state index contributed by atoms with van der Waals surface area (Å²) in [5.74, 6) is 0.930. The van der Waals surface area contributed by atoms with Crippen molar-refractivity contribution in [1.82, 2.24) is 14.5 Å². The summed E-state index contributed by atoms with van der Waals surface area (Å²) in [7, 11) is 0. The summed E-state index contributed by atoms with van der Waals surface area (Å²) in [6, 6.07) is 5.86. The molecule has 0 atom stereocenters. The summed E-state index contributed by atoms with van der Waals surface area (Å²) in [5, 5.41) is 0. The molecular weight excluding hydrogens is 403 g/mol. The van der Waals surface area contributed by atoms with Gasteiger partial charge in [0.1, 0.15) is 5.82 Å². The molecule has 0 aliphatic heterocycles. The Bertz CT molecular complexity index is 880. The van der Waals surface area contributed by atoms with Crippen molar-refractivity contribution in [2.45, 2.75) is 83.1 Å². The number of carbonyl (C=O) groups excluding carboxylic acids is 1. The number of carbonyl (C=O) groups is 1. The highest BCUT2D eigenvalue weighted by molar-refractivity contribution is 5.79. The Morgan fingerprint density at radius 1 is 1.03 bits per heavy atom. The molecule has 4 rings (SSSR count). The quantitative estimate of drug-likeness (QED) is 0.577. The Balaban J connectivity index is 1.57. The molecular formula is C24H30F3N3O. The summed E-state index contributed by atoms with van der Waals surface area (Å²) in [4.78, 5) is 19.8. The monoisotopic (exact) mass is 433 g/mol. The van der Waals surface area contributed by atoms with Gasteiger partial charge in [-0.05, 0) is 37.3 Å². The summed E-state index contributed by atoms with van der Waals surface area (Å²) < 4.78 is 42.0. The molecule has 7 heteroatoms. The lowest BCUT2D eigenvalue weighted by Crippen LogP contribution is -2.44. The van der Waals surface area contributed by atoms with E-state index in [0.717, 1.165) is 57.4 Å². The fraction of sp³-hybridized carbons (Fsp3) is 0.583. The molecule has 2 aromatic rings. The maximum atomic E-state index is 13.4. The third-order valence-electron chi connectivity index (χ3n) is 6.78. The predicted molar refractivity (Wildman–Crippen MR) is 112 cm³/mol. The van der Waals surface area contributed by atoms with Crippen LogP contribution in [0.25, 0.3) is 0 Å². The maximum Gasteiger partial charge on any atom is 0.416 e. The minimum absolute atomic E-state index is 0.0799. The lowest BCUT2D eigenvalue weighted by atomic mass is 9.93. The predicted octanol–water partition coefficient (Wildman–Crippen LogP) is 5.80. The minimum Gasteiger partial charge on any atom is -0.332 e.